The molecule has 1 aliphatic rings. The van der Waals surface area contributed by atoms with Crippen LogP contribution in [0.4, 0.5) is 0 Å². The largest absolute Gasteiger partial charge is 0.395 e. The van der Waals surface area contributed by atoms with Gasteiger partial charge in [0.25, 0.3) is 0 Å². The fourth-order valence-corrected chi connectivity index (χ4v) is 1.93. The molecule has 0 aliphatic heterocycles. The summed E-state index contributed by atoms with van der Waals surface area (Å²) in [7, 11) is 0. The molecule has 1 fully saturated rings. The molecule has 0 saturated heterocycles. The van der Waals surface area contributed by atoms with Gasteiger partial charge in [-0.25, -0.2) is 0 Å². The number of aliphatic hydroxyl groups is 1. The highest BCUT2D eigenvalue weighted by atomic mass is 16.3. The lowest BCUT2D eigenvalue weighted by molar-refractivity contribution is 0.141. The summed E-state index contributed by atoms with van der Waals surface area (Å²) in [5.74, 6) is 0.250. The molecule has 0 aromatic carbocycles. The zero-order chi connectivity index (χ0) is 10.6. The highest BCUT2D eigenvalue weighted by Gasteiger charge is 2.32. The van der Waals surface area contributed by atoms with Crippen LogP contribution in [-0.2, 0) is 0 Å². The molecular formula is C10H21N3O. The van der Waals surface area contributed by atoms with Gasteiger partial charge >= 0.3 is 0 Å². The number of hydrogen-bond donors (Lipinski definition) is 3. The van der Waals surface area contributed by atoms with Crippen molar-refractivity contribution in [3.05, 3.63) is 0 Å². The summed E-state index contributed by atoms with van der Waals surface area (Å²) in [6, 6.07) is 0.971. The second kappa shape index (κ2) is 5.32. The highest BCUT2D eigenvalue weighted by Crippen LogP contribution is 2.29. The number of amidine groups is 1. The van der Waals surface area contributed by atoms with Crippen molar-refractivity contribution < 1.29 is 5.11 Å². The molecule has 4 heteroatoms. The molecule has 82 valence electrons. The normalized spacial score (nSPS) is 18.5. The van der Waals surface area contributed by atoms with Crippen LogP contribution in [0.5, 0.6) is 0 Å². The Labute approximate surface area is 85.6 Å². The fraction of sp³-hybridized carbons (Fsp3) is 0.900. The lowest BCUT2D eigenvalue weighted by Crippen LogP contribution is -2.41. The lowest BCUT2D eigenvalue weighted by Gasteiger charge is -2.30. The van der Waals surface area contributed by atoms with E-state index in [1.54, 1.807) is 0 Å². The van der Waals surface area contributed by atoms with Gasteiger partial charge in [0.2, 0.25) is 0 Å². The second-order valence-corrected chi connectivity index (χ2v) is 3.98. The van der Waals surface area contributed by atoms with Crippen molar-refractivity contribution >= 4 is 5.84 Å². The molecule has 1 rings (SSSR count). The van der Waals surface area contributed by atoms with Gasteiger partial charge in [-0.05, 0) is 19.3 Å². The molecule has 1 saturated carbocycles. The van der Waals surface area contributed by atoms with Gasteiger partial charge in [-0.15, -0.1) is 0 Å². The maximum atomic E-state index is 8.97. The van der Waals surface area contributed by atoms with E-state index in [2.05, 4.69) is 11.8 Å². The van der Waals surface area contributed by atoms with Crippen molar-refractivity contribution in [2.75, 3.05) is 13.2 Å². The third-order valence-electron chi connectivity index (χ3n) is 2.77. The van der Waals surface area contributed by atoms with E-state index in [4.69, 9.17) is 16.2 Å². The summed E-state index contributed by atoms with van der Waals surface area (Å²) in [5, 5.41) is 16.3. The first-order chi connectivity index (χ1) is 6.69. The van der Waals surface area contributed by atoms with E-state index in [-0.39, 0.29) is 12.4 Å². The van der Waals surface area contributed by atoms with E-state index in [9.17, 15) is 0 Å². The predicted octanol–water partition coefficient (Wildman–Crippen LogP) is 0.548. The van der Waals surface area contributed by atoms with Gasteiger partial charge < -0.3 is 10.8 Å². The molecule has 14 heavy (non-hydrogen) atoms. The van der Waals surface area contributed by atoms with E-state index in [1.165, 1.54) is 12.8 Å². The van der Waals surface area contributed by atoms with E-state index in [0.717, 1.165) is 13.0 Å². The Morgan fingerprint density at radius 3 is 2.64 bits per heavy atom. The molecule has 1 atom stereocenters. The molecule has 4 nitrogen and oxygen atoms in total. The van der Waals surface area contributed by atoms with Gasteiger partial charge in [0.15, 0.2) is 0 Å². The van der Waals surface area contributed by atoms with Crippen molar-refractivity contribution in [2.24, 2.45) is 5.73 Å². The smallest absolute Gasteiger partial charge is 0.0921 e. The maximum absolute atomic E-state index is 8.97. The van der Waals surface area contributed by atoms with Crippen LogP contribution in [0.2, 0.25) is 0 Å². The first kappa shape index (κ1) is 11.5. The van der Waals surface area contributed by atoms with Gasteiger partial charge in [0.05, 0.1) is 12.4 Å². The van der Waals surface area contributed by atoms with Crippen molar-refractivity contribution in [3.8, 4) is 0 Å². The third kappa shape index (κ3) is 3.27. The van der Waals surface area contributed by atoms with Gasteiger partial charge in [-0.3, -0.25) is 10.3 Å². The zero-order valence-electron chi connectivity index (χ0n) is 8.87. The quantitative estimate of drug-likeness (QED) is 0.414. The van der Waals surface area contributed by atoms with E-state index >= 15 is 0 Å². The number of nitrogens with zero attached hydrogens (tertiary/aromatic N) is 1. The van der Waals surface area contributed by atoms with Crippen LogP contribution in [0, 0.1) is 5.41 Å². The summed E-state index contributed by atoms with van der Waals surface area (Å²) in [5.41, 5.74) is 5.42. The zero-order valence-corrected chi connectivity index (χ0v) is 8.87. The molecule has 0 aromatic rings. The molecule has 0 aromatic heterocycles. The third-order valence-corrected chi connectivity index (χ3v) is 2.77. The van der Waals surface area contributed by atoms with Crippen molar-refractivity contribution in [3.63, 3.8) is 0 Å². The van der Waals surface area contributed by atoms with E-state index < -0.39 is 0 Å². The minimum Gasteiger partial charge on any atom is -0.395 e. The van der Waals surface area contributed by atoms with Crippen LogP contribution >= 0.6 is 0 Å². The van der Waals surface area contributed by atoms with Crippen LogP contribution in [0.3, 0.4) is 0 Å². The molecule has 0 bridgehead atoms. The summed E-state index contributed by atoms with van der Waals surface area (Å²) in [4.78, 5) is 2.31. The van der Waals surface area contributed by atoms with Gasteiger partial charge in [-0.2, -0.15) is 0 Å². The van der Waals surface area contributed by atoms with E-state index in [1.807, 2.05) is 0 Å². The van der Waals surface area contributed by atoms with Crippen LogP contribution < -0.4 is 5.73 Å². The molecule has 1 unspecified atom stereocenters. The summed E-state index contributed by atoms with van der Waals surface area (Å²) >= 11 is 0. The Morgan fingerprint density at radius 1 is 1.64 bits per heavy atom. The van der Waals surface area contributed by atoms with Crippen molar-refractivity contribution in [2.45, 2.75) is 44.7 Å². The highest BCUT2D eigenvalue weighted by molar-refractivity contribution is 5.77. The average Bonchev–Trinajstić information content (AvgIpc) is 2.93. The van der Waals surface area contributed by atoms with Crippen molar-refractivity contribution in [1.29, 1.82) is 5.41 Å². The van der Waals surface area contributed by atoms with Gasteiger partial charge in [0.1, 0.15) is 0 Å². The topological polar surface area (TPSA) is 73.3 Å². The number of rotatable bonds is 7. The first-order valence-electron chi connectivity index (χ1n) is 5.38. The van der Waals surface area contributed by atoms with Crippen molar-refractivity contribution in [1.82, 2.24) is 4.90 Å². The second-order valence-electron chi connectivity index (χ2n) is 3.98. The molecular weight excluding hydrogens is 178 g/mol. The van der Waals surface area contributed by atoms with Gasteiger partial charge in [-0.1, -0.05) is 6.92 Å². The molecule has 0 heterocycles. The molecule has 0 spiro atoms. The number of aliphatic hydroxyl groups excluding tert-OH is 1. The van der Waals surface area contributed by atoms with Crippen LogP contribution in [0.1, 0.15) is 32.6 Å². The summed E-state index contributed by atoms with van der Waals surface area (Å²) in [6.07, 6.45) is 4.09. The molecule has 1 aliphatic carbocycles. The Hall–Kier alpha value is -0.610. The summed E-state index contributed by atoms with van der Waals surface area (Å²) in [6.45, 7) is 3.03. The molecule has 4 N–H and O–H groups in total. The predicted molar refractivity (Wildman–Crippen MR) is 57.4 cm³/mol. The number of hydrogen-bond acceptors (Lipinski definition) is 3. The van der Waals surface area contributed by atoms with Crippen LogP contribution in [-0.4, -0.2) is 41.1 Å². The monoisotopic (exact) mass is 199 g/mol. The van der Waals surface area contributed by atoms with Gasteiger partial charge in [0, 0.05) is 25.0 Å². The number of nitrogens with two attached hydrogens (primary N) is 1. The van der Waals surface area contributed by atoms with E-state index in [0.29, 0.717) is 18.5 Å². The maximum Gasteiger partial charge on any atom is 0.0921 e. The minimum absolute atomic E-state index is 0.199. The first-order valence-corrected chi connectivity index (χ1v) is 5.38. The fourth-order valence-electron chi connectivity index (χ4n) is 1.93. The van der Waals surface area contributed by atoms with Crippen LogP contribution in [0.25, 0.3) is 0 Å². The molecule has 0 radical (unpaired) electrons. The SMILES string of the molecule is CCC(CC(=N)N)N(CCO)C1CC1. The Kier molecular flexibility index (Phi) is 4.35. The molecule has 0 amide bonds. The Balaban J connectivity index is 2.48. The standard InChI is InChI=1S/C10H21N3O/c1-2-8(7-10(11)12)13(5-6-14)9-3-4-9/h8-9,14H,2-7H2,1H3,(H3,11,12). The average molecular weight is 199 g/mol. The minimum atomic E-state index is 0.199. The lowest BCUT2D eigenvalue weighted by atomic mass is 10.1. The Bertz CT molecular complexity index is 192. The van der Waals surface area contributed by atoms with Crippen LogP contribution in [0.15, 0.2) is 0 Å². The number of nitrogens with one attached hydrogen (secondary N) is 1. The summed E-state index contributed by atoms with van der Waals surface area (Å²) < 4.78 is 0. The Morgan fingerprint density at radius 2 is 2.29 bits per heavy atom.